The first-order chi connectivity index (χ1) is 16.7. The molecule has 0 spiro atoms. The second-order valence-corrected chi connectivity index (χ2v) is 7.25. The Morgan fingerprint density at radius 2 is 1.74 bits per heavy atom. The SMILES string of the molecule is O=C(CC(=O)Nc1ccccc1Cl)NN=Cc1cccc(Oc2ccc([N+](=O)[O-])cc2[N+](=O)[O-])c1. The predicted octanol–water partition coefficient (Wildman–Crippen LogP) is 4.43. The fourth-order valence-corrected chi connectivity index (χ4v) is 2.94. The summed E-state index contributed by atoms with van der Waals surface area (Å²) in [4.78, 5) is 44.5. The van der Waals surface area contributed by atoms with Gasteiger partial charge in [0, 0.05) is 6.07 Å². The minimum Gasteiger partial charge on any atom is -0.450 e. The monoisotopic (exact) mass is 497 g/mol. The molecule has 0 aliphatic heterocycles. The van der Waals surface area contributed by atoms with Crippen molar-refractivity contribution in [1.82, 2.24) is 5.43 Å². The van der Waals surface area contributed by atoms with E-state index < -0.39 is 39.5 Å². The number of nitrogens with one attached hydrogen (secondary N) is 2. The maximum absolute atomic E-state index is 12.0. The molecule has 0 atom stereocenters. The molecule has 3 aromatic carbocycles. The van der Waals surface area contributed by atoms with Crippen molar-refractivity contribution in [3.63, 3.8) is 0 Å². The molecule has 0 aliphatic rings. The topological polar surface area (TPSA) is 166 Å². The van der Waals surface area contributed by atoms with Crippen molar-refractivity contribution in [2.75, 3.05) is 5.32 Å². The number of hydrogen-bond acceptors (Lipinski definition) is 8. The lowest BCUT2D eigenvalue weighted by atomic mass is 10.2. The Kier molecular flexibility index (Phi) is 8.03. The van der Waals surface area contributed by atoms with Gasteiger partial charge in [0.25, 0.3) is 5.69 Å². The maximum Gasteiger partial charge on any atom is 0.318 e. The van der Waals surface area contributed by atoms with E-state index in [0.717, 1.165) is 18.2 Å². The van der Waals surface area contributed by atoms with E-state index >= 15 is 0 Å². The number of nitro groups is 2. The minimum atomic E-state index is -0.787. The molecule has 3 aromatic rings. The number of non-ortho nitro benzene ring substituents is 1. The lowest BCUT2D eigenvalue weighted by Crippen LogP contribution is -2.24. The molecule has 0 bridgehead atoms. The summed E-state index contributed by atoms with van der Waals surface area (Å²) in [6, 6.07) is 15.8. The van der Waals surface area contributed by atoms with E-state index in [9.17, 15) is 29.8 Å². The van der Waals surface area contributed by atoms with E-state index in [0.29, 0.717) is 16.3 Å². The second-order valence-electron chi connectivity index (χ2n) is 6.84. The highest BCUT2D eigenvalue weighted by Crippen LogP contribution is 2.34. The number of anilines is 1. The molecule has 0 aromatic heterocycles. The van der Waals surface area contributed by atoms with Gasteiger partial charge in [0.05, 0.1) is 32.8 Å². The Morgan fingerprint density at radius 1 is 0.971 bits per heavy atom. The van der Waals surface area contributed by atoms with Crippen LogP contribution in [-0.4, -0.2) is 27.9 Å². The number of carbonyl (C=O) groups excluding carboxylic acids is 2. The summed E-state index contributed by atoms with van der Waals surface area (Å²) in [7, 11) is 0. The standard InChI is InChI=1S/C22H16ClN5O7/c23-17-6-1-2-7-18(17)25-21(29)12-22(30)26-24-13-14-4-3-5-16(10-14)35-20-9-8-15(27(31)32)11-19(20)28(33)34/h1-11,13H,12H2,(H,25,29)(H,26,30). The molecule has 2 amide bonds. The van der Waals surface area contributed by atoms with Gasteiger partial charge in [0.1, 0.15) is 12.2 Å². The molecular weight excluding hydrogens is 482 g/mol. The van der Waals surface area contributed by atoms with E-state index in [1.165, 1.54) is 18.3 Å². The van der Waals surface area contributed by atoms with Gasteiger partial charge in [-0.1, -0.05) is 35.9 Å². The average Bonchev–Trinajstić information content (AvgIpc) is 2.80. The van der Waals surface area contributed by atoms with Gasteiger partial charge in [-0.3, -0.25) is 29.8 Å². The van der Waals surface area contributed by atoms with Crippen LogP contribution in [0.4, 0.5) is 17.1 Å². The average molecular weight is 498 g/mol. The van der Waals surface area contributed by atoms with Crippen LogP contribution in [0.2, 0.25) is 5.02 Å². The number of rotatable bonds is 9. The number of nitro benzene ring substituents is 2. The number of benzene rings is 3. The number of hydrogen-bond donors (Lipinski definition) is 2. The summed E-state index contributed by atoms with van der Waals surface area (Å²) in [6.45, 7) is 0. The molecular formula is C22H16ClN5O7. The quantitative estimate of drug-likeness (QED) is 0.191. The van der Waals surface area contributed by atoms with Gasteiger partial charge in [-0.2, -0.15) is 5.10 Å². The summed E-state index contributed by atoms with van der Waals surface area (Å²) in [5.41, 5.74) is 2.04. The maximum atomic E-state index is 12.0. The Labute approximate surface area is 202 Å². The van der Waals surface area contributed by atoms with Gasteiger partial charge in [-0.25, -0.2) is 5.43 Å². The van der Waals surface area contributed by atoms with Crippen LogP contribution in [0.1, 0.15) is 12.0 Å². The van der Waals surface area contributed by atoms with Crippen LogP contribution in [-0.2, 0) is 9.59 Å². The molecule has 2 N–H and O–H groups in total. The molecule has 35 heavy (non-hydrogen) atoms. The highest BCUT2D eigenvalue weighted by atomic mass is 35.5. The van der Waals surface area contributed by atoms with Crippen LogP contribution in [0.3, 0.4) is 0 Å². The first-order valence-electron chi connectivity index (χ1n) is 9.80. The van der Waals surface area contributed by atoms with Crippen LogP contribution in [0, 0.1) is 20.2 Å². The largest absolute Gasteiger partial charge is 0.450 e. The van der Waals surface area contributed by atoms with Gasteiger partial charge < -0.3 is 10.1 Å². The van der Waals surface area contributed by atoms with E-state index in [1.54, 1.807) is 36.4 Å². The second kappa shape index (κ2) is 11.3. The van der Waals surface area contributed by atoms with E-state index in [2.05, 4.69) is 15.8 Å². The fraction of sp³-hybridized carbons (Fsp3) is 0.0455. The lowest BCUT2D eigenvalue weighted by Gasteiger charge is -2.07. The summed E-state index contributed by atoms with van der Waals surface area (Å²) < 4.78 is 5.52. The fourth-order valence-electron chi connectivity index (χ4n) is 2.75. The zero-order chi connectivity index (χ0) is 25.4. The first kappa shape index (κ1) is 24.8. The Morgan fingerprint density at radius 3 is 2.46 bits per heavy atom. The predicted molar refractivity (Wildman–Crippen MR) is 127 cm³/mol. The Hall–Kier alpha value is -4.84. The number of halogens is 1. The van der Waals surface area contributed by atoms with Crippen molar-refractivity contribution in [2.24, 2.45) is 5.10 Å². The van der Waals surface area contributed by atoms with Crippen LogP contribution in [0.5, 0.6) is 11.5 Å². The van der Waals surface area contributed by atoms with Gasteiger partial charge >= 0.3 is 5.69 Å². The number of nitrogens with zero attached hydrogens (tertiary/aromatic N) is 3. The van der Waals surface area contributed by atoms with Gasteiger partial charge in [-0.15, -0.1) is 0 Å². The molecule has 3 rings (SSSR count). The van der Waals surface area contributed by atoms with Crippen molar-refractivity contribution in [1.29, 1.82) is 0 Å². The number of hydrazone groups is 1. The third kappa shape index (κ3) is 7.07. The van der Waals surface area contributed by atoms with Gasteiger partial charge in [0.15, 0.2) is 0 Å². The molecule has 178 valence electrons. The zero-order valence-electron chi connectivity index (χ0n) is 17.7. The molecule has 0 unspecified atom stereocenters. The molecule has 0 aliphatic carbocycles. The summed E-state index contributed by atoms with van der Waals surface area (Å²) >= 11 is 5.95. The number of ether oxygens (including phenoxy) is 1. The summed E-state index contributed by atoms with van der Waals surface area (Å²) in [5.74, 6) is -1.24. The first-order valence-corrected chi connectivity index (χ1v) is 10.2. The number of amides is 2. The summed E-state index contributed by atoms with van der Waals surface area (Å²) in [5, 5.41) is 28.7. The Bertz CT molecular complexity index is 1330. The van der Waals surface area contributed by atoms with Crippen LogP contribution >= 0.6 is 11.6 Å². The minimum absolute atomic E-state index is 0.187. The molecule has 13 heteroatoms. The molecule has 12 nitrogen and oxygen atoms in total. The Balaban J connectivity index is 1.60. The highest BCUT2D eigenvalue weighted by Gasteiger charge is 2.21. The molecule has 0 saturated heterocycles. The van der Waals surface area contributed by atoms with E-state index in [-0.39, 0.29) is 11.5 Å². The third-order valence-electron chi connectivity index (χ3n) is 4.31. The summed E-state index contributed by atoms with van der Waals surface area (Å²) in [6.07, 6.45) is 0.788. The van der Waals surface area contributed by atoms with Crippen molar-refractivity contribution in [2.45, 2.75) is 6.42 Å². The van der Waals surface area contributed by atoms with Gasteiger partial charge in [-0.05, 0) is 35.9 Å². The van der Waals surface area contributed by atoms with Gasteiger partial charge in [0.2, 0.25) is 17.6 Å². The zero-order valence-corrected chi connectivity index (χ0v) is 18.5. The number of para-hydroxylation sites is 1. The highest BCUT2D eigenvalue weighted by molar-refractivity contribution is 6.33. The van der Waals surface area contributed by atoms with E-state index in [4.69, 9.17) is 16.3 Å². The van der Waals surface area contributed by atoms with Crippen LogP contribution in [0.15, 0.2) is 71.8 Å². The van der Waals surface area contributed by atoms with Crippen LogP contribution in [0.25, 0.3) is 0 Å². The van der Waals surface area contributed by atoms with Crippen LogP contribution < -0.4 is 15.5 Å². The molecule has 0 saturated carbocycles. The molecule has 0 radical (unpaired) electrons. The third-order valence-corrected chi connectivity index (χ3v) is 4.64. The van der Waals surface area contributed by atoms with Crippen molar-refractivity contribution in [3.05, 3.63) is 97.5 Å². The van der Waals surface area contributed by atoms with E-state index in [1.807, 2.05) is 0 Å². The van der Waals surface area contributed by atoms with Crippen molar-refractivity contribution in [3.8, 4) is 11.5 Å². The lowest BCUT2D eigenvalue weighted by molar-refractivity contribution is -0.394. The van der Waals surface area contributed by atoms with Crippen molar-refractivity contribution < 1.29 is 24.2 Å². The molecule has 0 fully saturated rings. The normalized spacial score (nSPS) is 10.5. The number of carbonyl (C=O) groups is 2. The smallest absolute Gasteiger partial charge is 0.318 e. The van der Waals surface area contributed by atoms with Crippen molar-refractivity contribution >= 4 is 46.7 Å². The molecule has 0 heterocycles.